The third-order valence-electron chi connectivity index (χ3n) is 2.23. The minimum atomic E-state index is -3.45. The van der Waals surface area contributed by atoms with E-state index in [0.717, 1.165) is 4.31 Å². The van der Waals surface area contributed by atoms with E-state index in [9.17, 15) is 13.2 Å². The molecule has 0 unspecified atom stereocenters. The van der Waals surface area contributed by atoms with Gasteiger partial charge in [0, 0.05) is 27.2 Å². The van der Waals surface area contributed by atoms with Gasteiger partial charge >= 0.3 is 0 Å². The lowest BCUT2D eigenvalue weighted by molar-refractivity contribution is -0.132. The Kier molecular flexibility index (Phi) is 4.06. The van der Waals surface area contributed by atoms with E-state index in [2.05, 4.69) is 0 Å². The molecule has 0 bridgehead atoms. The van der Waals surface area contributed by atoms with Crippen LogP contribution in [0.3, 0.4) is 0 Å². The summed E-state index contributed by atoms with van der Waals surface area (Å²) in [7, 11) is -0.608. The largest absolute Gasteiger partial charge is 0.378 e. The first-order valence-corrected chi connectivity index (χ1v) is 6.30. The zero-order valence-corrected chi connectivity index (χ0v) is 9.79. The van der Waals surface area contributed by atoms with Crippen molar-refractivity contribution in [2.24, 2.45) is 0 Å². The predicted molar refractivity (Wildman–Crippen MR) is 54.9 cm³/mol. The van der Waals surface area contributed by atoms with Gasteiger partial charge < -0.3 is 9.64 Å². The van der Waals surface area contributed by atoms with Gasteiger partial charge in [-0.25, -0.2) is 12.7 Å². The van der Waals surface area contributed by atoms with E-state index in [1.165, 1.54) is 19.0 Å². The lowest BCUT2D eigenvalue weighted by Gasteiger charge is -2.27. The molecule has 0 radical (unpaired) electrons. The third-order valence-corrected chi connectivity index (χ3v) is 3.95. The molecule has 15 heavy (non-hydrogen) atoms. The number of morpholine rings is 1. The summed E-state index contributed by atoms with van der Waals surface area (Å²) in [4.78, 5) is 13.1. The molecule has 0 aromatic carbocycles. The Balaban J connectivity index is 2.55. The zero-order chi connectivity index (χ0) is 11.5. The van der Waals surface area contributed by atoms with Crippen LogP contribution in [0.2, 0.25) is 0 Å². The second-order valence-corrected chi connectivity index (χ2v) is 5.71. The Labute approximate surface area is 89.8 Å². The van der Waals surface area contributed by atoms with Crippen LogP contribution in [-0.4, -0.2) is 69.7 Å². The van der Waals surface area contributed by atoms with E-state index in [1.54, 1.807) is 0 Å². The Morgan fingerprint density at radius 3 is 2.33 bits per heavy atom. The van der Waals surface area contributed by atoms with Gasteiger partial charge in [0.15, 0.2) is 0 Å². The van der Waals surface area contributed by atoms with E-state index >= 15 is 0 Å². The van der Waals surface area contributed by atoms with Crippen molar-refractivity contribution in [3.8, 4) is 0 Å². The Morgan fingerprint density at radius 2 is 1.87 bits per heavy atom. The molecule has 1 heterocycles. The number of amides is 1. The zero-order valence-electron chi connectivity index (χ0n) is 8.97. The quantitative estimate of drug-likeness (QED) is 0.613. The number of carbonyl (C=O) groups is 1. The van der Waals surface area contributed by atoms with Crippen molar-refractivity contribution in [2.75, 3.05) is 46.2 Å². The van der Waals surface area contributed by atoms with Gasteiger partial charge in [0.25, 0.3) is 0 Å². The number of ether oxygens (including phenoxy) is 1. The highest BCUT2D eigenvalue weighted by Gasteiger charge is 2.24. The maximum absolute atomic E-state index is 11.6. The lowest BCUT2D eigenvalue weighted by atomic mass is 10.4. The van der Waals surface area contributed by atoms with Crippen LogP contribution >= 0.6 is 0 Å². The molecule has 0 spiro atoms. The molecular weight excluding hydrogens is 220 g/mol. The molecule has 1 aliphatic rings. The predicted octanol–water partition coefficient (Wildman–Crippen LogP) is -1.26. The molecule has 1 aliphatic heterocycles. The van der Waals surface area contributed by atoms with Gasteiger partial charge in [0.1, 0.15) is 5.75 Å². The van der Waals surface area contributed by atoms with Crippen LogP contribution in [0.5, 0.6) is 0 Å². The summed E-state index contributed by atoms with van der Waals surface area (Å²) in [5.41, 5.74) is 0. The maximum Gasteiger partial charge on any atom is 0.239 e. The SMILES string of the molecule is CN(C)S(=O)(=O)CC(=O)N1CCOCC1. The fourth-order valence-corrected chi connectivity index (χ4v) is 1.94. The van der Waals surface area contributed by atoms with E-state index in [0.29, 0.717) is 26.3 Å². The average molecular weight is 236 g/mol. The van der Waals surface area contributed by atoms with Crippen molar-refractivity contribution in [3.63, 3.8) is 0 Å². The van der Waals surface area contributed by atoms with Crippen LogP contribution in [0, 0.1) is 0 Å². The molecule has 1 saturated heterocycles. The molecule has 1 amide bonds. The summed E-state index contributed by atoms with van der Waals surface area (Å²) in [5.74, 6) is -0.813. The molecule has 0 saturated carbocycles. The fourth-order valence-electron chi connectivity index (χ4n) is 1.19. The number of nitrogens with zero attached hydrogens (tertiary/aromatic N) is 2. The molecule has 0 aromatic heterocycles. The fraction of sp³-hybridized carbons (Fsp3) is 0.875. The monoisotopic (exact) mass is 236 g/mol. The molecule has 88 valence electrons. The number of hydrogen-bond acceptors (Lipinski definition) is 4. The minimum Gasteiger partial charge on any atom is -0.378 e. The molecule has 0 aliphatic carbocycles. The maximum atomic E-state index is 11.6. The summed E-state index contributed by atoms with van der Waals surface area (Å²) in [6, 6.07) is 0. The van der Waals surface area contributed by atoms with E-state index in [4.69, 9.17) is 4.74 Å². The number of carbonyl (C=O) groups excluding carboxylic acids is 1. The smallest absolute Gasteiger partial charge is 0.239 e. The molecule has 7 heteroatoms. The lowest BCUT2D eigenvalue weighted by Crippen LogP contribution is -2.44. The standard InChI is InChI=1S/C8H16N2O4S/c1-9(2)15(12,13)7-8(11)10-3-5-14-6-4-10/h3-7H2,1-2H3. The highest BCUT2D eigenvalue weighted by atomic mass is 32.2. The molecule has 0 atom stereocenters. The highest BCUT2D eigenvalue weighted by molar-refractivity contribution is 7.89. The molecule has 1 rings (SSSR count). The topological polar surface area (TPSA) is 66.9 Å². The van der Waals surface area contributed by atoms with Crippen molar-refractivity contribution in [1.82, 2.24) is 9.21 Å². The molecule has 6 nitrogen and oxygen atoms in total. The van der Waals surface area contributed by atoms with Gasteiger partial charge in [-0.2, -0.15) is 0 Å². The normalized spacial score (nSPS) is 18.2. The van der Waals surface area contributed by atoms with Crippen molar-refractivity contribution in [2.45, 2.75) is 0 Å². The second-order valence-electron chi connectivity index (χ2n) is 3.53. The van der Waals surface area contributed by atoms with E-state index < -0.39 is 15.8 Å². The first kappa shape index (κ1) is 12.4. The van der Waals surface area contributed by atoms with Crippen molar-refractivity contribution in [1.29, 1.82) is 0 Å². The van der Waals surface area contributed by atoms with E-state index in [-0.39, 0.29) is 5.91 Å². The Hall–Kier alpha value is -0.660. The summed E-state index contributed by atoms with van der Waals surface area (Å²) in [6.07, 6.45) is 0. The van der Waals surface area contributed by atoms with Gasteiger partial charge in [0.05, 0.1) is 13.2 Å². The van der Waals surface area contributed by atoms with Crippen LogP contribution in [0.1, 0.15) is 0 Å². The third kappa shape index (κ3) is 3.44. The van der Waals surface area contributed by atoms with Gasteiger partial charge in [-0.15, -0.1) is 0 Å². The van der Waals surface area contributed by atoms with Crippen molar-refractivity contribution >= 4 is 15.9 Å². The van der Waals surface area contributed by atoms with Crippen LogP contribution in [-0.2, 0) is 19.6 Å². The minimum absolute atomic E-state index is 0.355. The molecule has 0 N–H and O–H groups in total. The van der Waals surface area contributed by atoms with Crippen LogP contribution in [0.25, 0.3) is 0 Å². The Bertz CT molecular complexity index is 320. The first-order valence-electron chi connectivity index (χ1n) is 4.69. The summed E-state index contributed by atoms with van der Waals surface area (Å²) >= 11 is 0. The van der Waals surface area contributed by atoms with Crippen LogP contribution < -0.4 is 0 Å². The average Bonchev–Trinajstić information content (AvgIpc) is 2.18. The van der Waals surface area contributed by atoms with Crippen LogP contribution in [0.4, 0.5) is 0 Å². The van der Waals surface area contributed by atoms with Gasteiger partial charge in [-0.3, -0.25) is 4.79 Å². The summed E-state index contributed by atoms with van der Waals surface area (Å²) in [6.45, 7) is 1.91. The highest BCUT2D eigenvalue weighted by Crippen LogP contribution is 2.01. The summed E-state index contributed by atoms with van der Waals surface area (Å²) < 4.78 is 29.0. The van der Waals surface area contributed by atoms with Crippen LogP contribution in [0.15, 0.2) is 0 Å². The van der Waals surface area contributed by atoms with Crippen molar-refractivity contribution in [3.05, 3.63) is 0 Å². The number of rotatable bonds is 3. The number of hydrogen-bond donors (Lipinski definition) is 0. The summed E-state index contributed by atoms with van der Waals surface area (Å²) in [5, 5.41) is 0. The molecule has 0 aromatic rings. The van der Waals surface area contributed by atoms with Gasteiger partial charge in [-0.1, -0.05) is 0 Å². The molecule has 1 fully saturated rings. The van der Waals surface area contributed by atoms with Crippen molar-refractivity contribution < 1.29 is 17.9 Å². The molecular formula is C8H16N2O4S. The first-order chi connectivity index (χ1) is 6.93. The number of sulfonamides is 1. The second kappa shape index (κ2) is 4.91. The van der Waals surface area contributed by atoms with E-state index in [1.807, 2.05) is 0 Å². The van der Waals surface area contributed by atoms with Gasteiger partial charge in [0.2, 0.25) is 15.9 Å². The van der Waals surface area contributed by atoms with Gasteiger partial charge in [-0.05, 0) is 0 Å². The Morgan fingerprint density at radius 1 is 1.33 bits per heavy atom.